The molecule has 0 aliphatic rings. The molecule has 8 N–H and O–H groups in total. The van der Waals surface area contributed by atoms with Crippen molar-refractivity contribution in [2.24, 2.45) is 11.6 Å². The first kappa shape index (κ1) is 21.1. The molecule has 1 atom stereocenters. The zero-order valence-corrected chi connectivity index (χ0v) is 14.7. The molecule has 2 aromatic rings. The number of amides is 3. The third kappa shape index (κ3) is 7.77. The second-order valence-corrected chi connectivity index (χ2v) is 5.64. The Balaban J connectivity index is 0.000000284. The van der Waals surface area contributed by atoms with E-state index in [0.717, 1.165) is 0 Å². The van der Waals surface area contributed by atoms with Gasteiger partial charge in [-0.1, -0.05) is 18.2 Å². The summed E-state index contributed by atoms with van der Waals surface area (Å²) in [7, 11) is 0. The average Bonchev–Trinajstić information content (AvgIpc) is 3.00. The minimum Gasteiger partial charge on any atom is -0.361 e. The van der Waals surface area contributed by atoms with Crippen molar-refractivity contribution in [2.75, 3.05) is 13.1 Å². The highest BCUT2D eigenvalue weighted by Crippen LogP contribution is 2.15. The van der Waals surface area contributed by atoms with Crippen LogP contribution in [0.1, 0.15) is 18.4 Å². The Bertz CT molecular complexity index is 715. The minimum atomic E-state index is -0.612. The molecule has 0 saturated carbocycles. The highest BCUT2D eigenvalue weighted by molar-refractivity contribution is 5.82. The van der Waals surface area contributed by atoms with E-state index < -0.39 is 12.1 Å². The van der Waals surface area contributed by atoms with Crippen LogP contribution < -0.4 is 27.6 Å². The van der Waals surface area contributed by atoms with Crippen molar-refractivity contribution in [1.29, 1.82) is 0 Å². The molecular formula is C17H26N6O3. The summed E-state index contributed by atoms with van der Waals surface area (Å²) in [4.78, 5) is 35.2. The van der Waals surface area contributed by atoms with Crippen LogP contribution in [0.25, 0.3) is 10.9 Å². The summed E-state index contributed by atoms with van der Waals surface area (Å²) in [6.07, 6.45) is 3.64. The number of hydrogen-bond acceptors (Lipinski definition) is 5. The summed E-state index contributed by atoms with van der Waals surface area (Å²) < 4.78 is 0. The van der Waals surface area contributed by atoms with Gasteiger partial charge in [-0.15, -0.1) is 0 Å². The van der Waals surface area contributed by atoms with Gasteiger partial charge >= 0.3 is 6.03 Å². The van der Waals surface area contributed by atoms with Gasteiger partial charge in [0.05, 0.1) is 12.6 Å². The number of primary amides is 1. The van der Waals surface area contributed by atoms with Crippen molar-refractivity contribution in [2.45, 2.75) is 25.8 Å². The monoisotopic (exact) mass is 362 g/mol. The molecule has 0 bridgehead atoms. The number of urea groups is 1. The van der Waals surface area contributed by atoms with Crippen LogP contribution in [0.4, 0.5) is 4.79 Å². The number of aryl methyl sites for hydroxylation is 1. The molecule has 0 saturated heterocycles. The zero-order chi connectivity index (χ0) is 19.4. The second kappa shape index (κ2) is 11.6. The number of carbonyl (C=O) groups is 3. The van der Waals surface area contributed by atoms with E-state index in [0.29, 0.717) is 25.7 Å². The summed E-state index contributed by atoms with van der Waals surface area (Å²) in [6.45, 7) is 2.42. The molecule has 0 aliphatic carbocycles. The fourth-order valence-corrected chi connectivity index (χ4v) is 2.27. The Morgan fingerprint density at radius 3 is 2.65 bits per heavy atom. The van der Waals surface area contributed by atoms with Gasteiger partial charge < -0.3 is 26.1 Å². The first-order valence-electron chi connectivity index (χ1n) is 8.22. The van der Waals surface area contributed by atoms with E-state index in [4.69, 9.17) is 11.6 Å². The van der Waals surface area contributed by atoms with Gasteiger partial charge in [0.1, 0.15) is 6.29 Å². The van der Waals surface area contributed by atoms with Gasteiger partial charge in [-0.25, -0.2) is 4.79 Å². The first-order valence-corrected chi connectivity index (χ1v) is 8.22. The average molecular weight is 362 g/mol. The van der Waals surface area contributed by atoms with Crippen molar-refractivity contribution in [3.63, 3.8) is 0 Å². The summed E-state index contributed by atoms with van der Waals surface area (Å²) in [5.74, 6) is 4.58. The molecule has 1 unspecified atom stereocenters. The Kier molecular flexibility index (Phi) is 9.44. The van der Waals surface area contributed by atoms with Crippen molar-refractivity contribution in [3.8, 4) is 0 Å². The lowest BCUT2D eigenvalue weighted by molar-refractivity contribution is -0.123. The van der Waals surface area contributed by atoms with Crippen LogP contribution >= 0.6 is 0 Å². The highest BCUT2D eigenvalue weighted by atomic mass is 16.2. The van der Waals surface area contributed by atoms with Crippen molar-refractivity contribution in [3.05, 3.63) is 36.0 Å². The standard InChI is InChI=1S/C9H9N.C8H17N5O3/c1-7-6-10-9-5-3-2-4-8(7)9;9-8(16)11-3-1-2-6(5-14)13-7(15)4-12-10/h2-6,10H,1H3;5-6,12H,1-4,10H2,(H,13,15)(H3,9,11,16). The topological polar surface area (TPSA) is 155 Å². The molecule has 1 heterocycles. The molecule has 0 radical (unpaired) electrons. The van der Waals surface area contributed by atoms with E-state index in [2.05, 4.69) is 46.2 Å². The fraction of sp³-hybridized carbons (Fsp3) is 0.353. The number of nitrogens with two attached hydrogens (primary N) is 2. The molecule has 26 heavy (non-hydrogen) atoms. The summed E-state index contributed by atoms with van der Waals surface area (Å²) in [5, 5.41) is 6.17. The van der Waals surface area contributed by atoms with E-state index in [9.17, 15) is 14.4 Å². The molecule has 0 spiro atoms. The Labute approximate surface area is 151 Å². The molecular weight excluding hydrogens is 336 g/mol. The number of fused-ring (bicyclic) bond motifs is 1. The van der Waals surface area contributed by atoms with Gasteiger partial charge in [-0.2, -0.15) is 0 Å². The largest absolute Gasteiger partial charge is 0.361 e. The number of hydrazine groups is 1. The van der Waals surface area contributed by atoms with Gasteiger partial charge in [-0.3, -0.25) is 16.1 Å². The van der Waals surface area contributed by atoms with Crippen LogP contribution in [-0.2, 0) is 9.59 Å². The summed E-state index contributed by atoms with van der Waals surface area (Å²) >= 11 is 0. The maximum atomic E-state index is 11.1. The number of aldehydes is 1. The van der Waals surface area contributed by atoms with E-state index >= 15 is 0 Å². The van der Waals surface area contributed by atoms with Crippen LogP contribution in [0.5, 0.6) is 0 Å². The zero-order valence-electron chi connectivity index (χ0n) is 14.7. The molecule has 142 valence electrons. The number of hydrogen-bond donors (Lipinski definition) is 6. The lowest BCUT2D eigenvalue weighted by Gasteiger charge is -2.12. The number of carbonyl (C=O) groups excluding carboxylic acids is 3. The van der Waals surface area contributed by atoms with Gasteiger partial charge in [0.15, 0.2) is 0 Å². The quantitative estimate of drug-likeness (QED) is 0.169. The first-order chi connectivity index (χ1) is 12.5. The van der Waals surface area contributed by atoms with Gasteiger partial charge in [0.2, 0.25) is 5.91 Å². The third-order valence-corrected chi connectivity index (χ3v) is 3.56. The number of rotatable bonds is 8. The normalized spacial score (nSPS) is 11.2. The molecule has 9 nitrogen and oxygen atoms in total. The van der Waals surface area contributed by atoms with Crippen LogP contribution in [0.3, 0.4) is 0 Å². The second-order valence-electron chi connectivity index (χ2n) is 5.64. The summed E-state index contributed by atoms with van der Waals surface area (Å²) in [5.41, 5.74) is 9.57. The predicted molar refractivity (Wildman–Crippen MR) is 100 cm³/mol. The van der Waals surface area contributed by atoms with Crippen molar-refractivity contribution < 1.29 is 14.4 Å². The Morgan fingerprint density at radius 1 is 1.31 bits per heavy atom. The van der Waals surface area contributed by atoms with Crippen LogP contribution in [0.15, 0.2) is 30.5 Å². The predicted octanol–water partition coefficient (Wildman–Crippen LogP) is 0.0582. The van der Waals surface area contributed by atoms with E-state index in [1.165, 1.54) is 16.5 Å². The number of nitrogens with one attached hydrogen (secondary N) is 4. The molecule has 9 heteroatoms. The number of benzene rings is 1. The maximum Gasteiger partial charge on any atom is 0.312 e. The van der Waals surface area contributed by atoms with E-state index in [1.807, 2.05) is 12.3 Å². The van der Waals surface area contributed by atoms with Crippen molar-refractivity contribution in [1.82, 2.24) is 21.0 Å². The van der Waals surface area contributed by atoms with Gasteiger partial charge in [-0.05, 0) is 31.4 Å². The van der Waals surface area contributed by atoms with Crippen LogP contribution in [0.2, 0.25) is 0 Å². The molecule has 1 aromatic heterocycles. The van der Waals surface area contributed by atoms with Crippen LogP contribution in [-0.4, -0.2) is 42.3 Å². The molecule has 0 fully saturated rings. The molecule has 0 aliphatic heterocycles. The SMILES string of the molecule is Cc1c[nH]c2ccccc12.NNCC(=O)NC(C=O)CCCNC(N)=O. The van der Waals surface area contributed by atoms with Gasteiger partial charge in [0, 0.05) is 23.6 Å². The smallest absolute Gasteiger partial charge is 0.312 e. The third-order valence-electron chi connectivity index (χ3n) is 3.56. The lowest BCUT2D eigenvalue weighted by atomic mass is 10.2. The number of para-hydroxylation sites is 1. The number of aromatic amines is 1. The number of H-pyrrole nitrogens is 1. The fourth-order valence-electron chi connectivity index (χ4n) is 2.27. The summed E-state index contributed by atoms with van der Waals surface area (Å²) in [6, 6.07) is 7.12. The maximum absolute atomic E-state index is 11.1. The highest BCUT2D eigenvalue weighted by Gasteiger charge is 2.10. The molecule has 2 rings (SSSR count). The van der Waals surface area contributed by atoms with Crippen LogP contribution in [0, 0.1) is 6.92 Å². The van der Waals surface area contributed by atoms with E-state index in [1.54, 1.807) is 0 Å². The van der Waals surface area contributed by atoms with Crippen molar-refractivity contribution >= 4 is 29.1 Å². The Hall–Kier alpha value is -2.91. The minimum absolute atomic E-state index is 0.0517. The Morgan fingerprint density at radius 2 is 2.04 bits per heavy atom. The van der Waals surface area contributed by atoms with Gasteiger partial charge in [0.25, 0.3) is 0 Å². The molecule has 3 amide bonds. The van der Waals surface area contributed by atoms with E-state index in [-0.39, 0.29) is 12.5 Å². The number of aromatic nitrogens is 1. The molecule has 1 aromatic carbocycles. The lowest BCUT2D eigenvalue weighted by Crippen LogP contribution is -2.43.